The van der Waals surface area contributed by atoms with Crippen molar-refractivity contribution in [3.63, 3.8) is 0 Å². The number of fused-ring (bicyclic) bond motifs is 1. The van der Waals surface area contributed by atoms with E-state index in [-0.39, 0.29) is 5.69 Å². The quantitative estimate of drug-likeness (QED) is 0.524. The molecule has 4 rings (SSSR count). The molecule has 0 amide bonds. The number of hydrogen-bond acceptors (Lipinski definition) is 5. The van der Waals surface area contributed by atoms with Crippen molar-refractivity contribution in [2.24, 2.45) is 7.05 Å². The molecule has 0 bridgehead atoms. The molecule has 0 aliphatic carbocycles. The van der Waals surface area contributed by atoms with Crippen molar-refractivity contribution in [1.29, 1.82) is 0 Å². The van der Waals surface area contributed by atoms with Crippen LogP contribution in [0.15, 0.2) is 35.3 Å². The van der Waals surface area contributed by atoms with Crippen molar-refractivity contribution in [3.8, 4) is 11.3 Å². The highest BCUT2D eigenvalue weighted by Gasteiger charge is 2.13. The molecular formula is C18H19N7O. The molecule has 8 heteroatoms. The molecule has 0 radical (unpaired) electrons. The highest BCUT2D eigenvalue weighted by molar-refractivity contribution is 5.75. The first-order valence-electron chi connectivity index (χ1n) is 8.29. The van der Waals surface area contributed by atoms with Crippen molar-refractivity contribution in [2.75, 3.05) is 5.32 Å². The van der Waals surface area contributed by atoms with Crippen LogP contribution in [0.5, 0.6) is 0 Å². The predicted molar refractivity (Wildman–Crippen MR) is 100.0 cm³/mol. The second-order valence-electron chi connectivity index (χ2n) is 6.25. The summed E-state index contributed by atoms with van der Waals surface area (Å²) in [5.41, 5.74) is 6.27. The average Bonchev–Trinajstić information content (AvgIpc) is 3.11. The summed E-state index contributed by atoms with van der Waals surface area (Å²) in [7, 11) is 1.92. The summed E-state index contributed by atoms with van der Waals surface area (Å²) in [4.78, 5) is 25.8. The Balaban J connectivity index is 1.57. The third kappa shape index (κ3) is 2.85. The zero-order chi connectivity index (χ0) is 18.3. The second kappa shape index (κ2) is 6.14. The van der Waals surface area contributed by atoms with Crippen LogP contribution in [0.2, 0.25) is 0 Å². The SMILES string of the molecule is Cc1nn(C)c(C)c1-c1ccnc(NCc2ccc3[nH]c(=O)[nH]c3c2)n1. The largest absolute Gasteiger partial charge is 0.350 e. The second-order valence-corrected chi connectivity index (χ2v) is 6.25. The van der Waals surface area contributed by atoms with Gasteiger partial charge in [-0.3, -0.25) is 4.68 Å². The van der Waals surface area contributed by atoms with Gasteiger partial charge in [-0.15, -0.1) is 0 Å². The summed E-state index contributed by atoms with van der Waals surface area (Å²) in [5, 5.41) is 7.68. The Hall–Kier alpha value is -3.42. The first-order chi connectivity index (χ1) is 12.5. The topological polar surface area (TPSA) is 104 Å². The van der Waals surface area contributed by atoms with E-state index in [1.54, 1.807) is 6.20 Å². The molecule has 0 spiro atoms. The molecule has 0 saturated heterocycles. The van der Waals surface area contributed by atoms with Crippen LogP contribution in [0, 0.1) is 13.8 Å². The number of aromatic amines is 2. The lowest BCUT2D eigenvalue weighted by molar-refractivity contribution is 0.731. The van der Waals surface area contributed by atoms with Crippen molar-refractivity contribution < 1.29 is 0 Å². The highest BCUT2D eigenvalue weighted by Crippen LogP contribution is 2.25. The van der Waals surface area contributed by atoms with Crippen LogP contribution in [-0.4, -0.2) is 29.7 Å². The molecule has 0 atom stereocenters. The van der Waals surface area contributed by atoms with Gasteiger partial charge >= 0.3 is 5.69 Å². The van der Waals surface area contributed by atoms with Gasteiger partial charge in [-0.05, 0) is 37.6 Å². The van der Waals surface area contributed by atoms with Crippen LogP contribution in [0.1, 0.15) is 17.0 Å². The van der Waals surface area contributed by atoms with Crippen LogP contribution in [-0.2, 0) is 13.6 Å². The Bertz CT molecular complexity index is 1150. The van der Waals surface area contributed by atoms with Gasteiger partial charge in [0.25, 0.3) is 0 Å². The molecule has 1 aromatic carbocycles. The Labute approximate surface area is 149 Å². The number of aromatic nitrogens is 6. The van der Waals surface area contributed by atoms with Crippen molar-refractivity contribution in [2.45, 2.75) is 20.4 Å². The number of anilines is 1. The summed E-state index contributed by atoms with van der Waals surface area (Å²) in [5.74, 6) is 0.549. The molecule has 0 aliphatic heterocycles. The Kier molecular flexibility index (Phi) is 3.80. The average molecular weight is 349 g/mol. The van der Waals surface area contributed by atoms with E-state index in [0.29, 0.717) is 12.5 Å². The van der Waals surface area contributed by atoms with E-state index in [4.69, 9.17) is 0 Å². The number of rotatable bonds is 4. The van der Waals surface area contributed by atoms with Crippen LogP contribution in [0.3, 0.4) is 0 Å². The van der Waals surface area contributed by atoms with Gasteiger partial charge in [0, 0.05) is 31.0 Å². The Morgan fingerprint density at radius 2 is 1.96 bits per heavy atom. The number of benzene rings is 1. The zero-order valence-corrected chi connectivity index (χ0v) is 14.8. The van der Waals surface area contributed by atoms with Crippen LogP contribution >= 0.6 is 0 Å². The summed E-state index contributed by atoms with van der Waals surface area (Å²) in [6, 6.07) is 7.65. The summed E-state index contributed by atoms with van der Waals surface area (Å²) >= 11 is 0. The maximum Gasteiger partial charge on any atom is 0.323 e. The van der Waals surface area contributed by atoms with E-state index in [9.17, 15) is 4.79 Å². The molecule has 0 aliphatic rings. The number of H-pyrrole nitrogens is 2. The Morgan fingerprint density at radius 3 is 2.73 bits per heavy atom. The van der Waals surface area contributed by atoms with E-state index in [1.807, 2.05) is 49.8 Å². The van der Waals surface area contributed by atoms with Gasteiger partial charge < -0.3 is 15.3 Å². The lowest BCUT2D eigenvalue weighted by Gasteiger charge is -2.07. The van der Waals surface area contributed by atoms with E-state index in [2.05, 4.69) is 30.4 Å². The van der Waals surface area contributed by atoms with E-state index < -0.39 is 0 Å². The third-order valence-corrected chi connectivity index (χ3v) is 4.45. The maximum atomic E-state index is 11.4. The molecular weight excluding hydrogens is 330 g/mol. The summed E-state index contributed by atoms with van der Waals surface area (Å²) in [6.45, 7) is 4.55. The molecule has 0 unspecified atom stereocenters. The molecule has 3 N–H and O–H groups in total. The van der Waals surface area contributed by atoms with E-state index in [1.165, 1.54) is 0 Å². The minimum Gasteiger partial charge on any atom is -0.350 e. The molecule has 3 heterocycles. The molecule has 3 aromatic heterocycles. The normalized spacial score (nSPS) is 11.2. The molecule has 26 heavy (non-hydrogen) atoms. The lowest BCUT2D eigenvalue weighted by Crippen LogP contribution is -2.04. The van der Waals surface area contributed by atoms with E-state index in [0.717, 1.165) is 39.2 Å². The molecule has 0 fully saturated rings. The molecule has 0 saturated carbocycles. The highest BCUT2D eigenvalue weighted by atomic mass is 16.1. The minimum absolute atomic E-state index is 0.205. The van der Waals surface area contributed by atoms with Gasteiger partial charge in [-0.25, -0.2) is 14.8 Å². The van der Waals surface area contributed by atoms with E-state index >= 15 is 0 Å². The smallest absolute Gasteiger partial charge is 0.323 e. The number of aryl methyl sites for hydroxylation is 2. The van der Waals surface area contributed by atoms with Crippen molar-refractivity contribution in [1.82, 2.24) is 29.7 Å². The molecule has 132 valence electrons. The maximum absolute atomic E-state index is 11.4. The van der Waals surface area contributed by atoms with Gasteiger partial charge in [-0.2, -0.15) is 5.10 Å². The minimum atomic E-state index is -0.205. The number of nitrogens with one attached hydrogen (secondary N) is 3. The van der Waals surface area contributed by atoms with Crippen LogP contribution in [0.4, 0.5) is 5.95 Å². The fourth-order valence-electron chi connectivity index (χ4n) is 3.10. The standard InChI is InChI=1S/C18H19N7O/c1-10-16(11(2)25(3)24-10)14-6-7-19-17(21-14)20-9-12-4-5-13-15(8-12)23-18(26)22-13/h4-8H,9H2,1-3H3,(H,19,20,21)(H2,22,23,26). The van der Waals surface area contributed by atoms with Crippen LogP contribution < -0.4 is 11.0 Å². The van der Waals surface area contributed by atoms with Gasteiger partial charge in [0.15, 0.2) is 0 Å². The zero-order valence-electron chi connectivity index (χ0n) is 14.8. The predicted octanol–water partition coefficient (Wildman–Crippen LogP) is 2.28. The fourth-order valence-corrected chi connectivity index (χ4v) is 3.10. The van der Waals surface area contributed by atoms with Gasteiger partial charge in [0.05, 0.1) is 22.4 Å². The van der Waals surface area contributed by atoms with Crippen LogP contribution in [0.25, 0.3) is 22.3 Å². The monoisotopic (exact) mass is 349 g/mol. The number of nitrogens with zero attached hydrogens (tertiary/aromatic N) is 4. The number of imidazole rings is 1. The van der Waals surface area contributed by atoms with Gasteiger partial charge in [-0.1, -0.05) is 6.07 Å². The first kappa shape index (κ1) is 16.1. The van der Waals surface area contributed by atoms with Crippen molar-refractivity contribution >= 4 is 17.0 Å². The summed E-state index contributed by atoms with van der Waals surface area (Å²) < 4.78 is 1.85. The van der Waals surface area contributed by atoms with Crippen molar-refractivity contribution in [3.05, 3.63) is 57.9 Å². The lowest BCUT2D eigenvalue weighted by atomic mass is 10.1. The van der Waals surface area contributed by atoms with Gasteiger partial charge in [0.2, 0.25) is 5.95 Å². The third-order valence-electron chi connectivity index (χ3n) is 4.45. The summed E-state index contributed by atoms with van der Waals surface area (Å²) in [6.07, 6.45) is 1.74. The van der Waals surface area contributed by atoms with Gasteiger partial charge in [0.1, 0.15) is 0 Å². The first-order valence-corrected chi connectivity index (χ1v) is 8.29. The molecule has 8 nitrogen and oxygen atoms in total. The number of hydrogen-bond donors (Lipinski definition) is 3. The molecule has 4 aromatic rings. The fraction of sp³-hybridized carbons (Fsp3) is 0.222. The Morgan fingerprint density at radius 1 is 1.15 bits per heavy atom.